The summed E-state index contributed by atoms with van der Waals surface area (Å²) in [5.74, 6) is 1.76. The van der Waals surface area contributed by atoms with Crippen LogP contribution in [0.2, 0.25) is 0 Å². The van der Waals surface area contributed by atoms with Crippen LogP contribution in [-0.4, -0.2) is 33.0 Å². The number of aryl methyl sites for hydroxylation is 3. The van der Waals surface area contributed by atoms with Crippen LogP contribution in [0.5, 0.6) is 5.75 Å². The van der Waals surface area contributed by atoms with E-state index in [-0.39, 0.29) is 11.7 Å². The largest absolute Gasteiger partial charge is 0.494 e. The number of carbonyl (C=O) groups excluding carboxylic acids is 1. The fourth-order valence-corrected chi connectivity index (χ4v) is 3.58. The summed E-state index contributed by atoms with van der Waals surface area (Å²) in [6, 6.07) is 13.8. The predicted molar refractivity (Wildman–Crippen MR) is 113 cm³/mol. The van der Waals surface area contributed by atoms with Crippen molar-refractivity contribution in [1.29, 1.82) is 0 Å². The second-order valence-electron chi connectivity index (χ2n) is 6.45. The second-order valence-corrected chi connectivity index (χ2v) is 7.39. The third-order valence-corrected chi connectivity index (χ3v) is 5.13. The zero-order valence-corrected chi connectivity index (χ0v) is 17.3. The van der Waals surface area contributed by atoms with Crippen molar-refractivity contribution in [3.05, 3.63) is 59.4 Å². The topological polar surface area (TPSA) is 69.0 Å². The lowest BCUT2D eigenvalue weighted by atomic mass is 10.1. The Morgan fingerprint density at radius 1 is 1.11 bits per heavy atom. The number of nitrogens with one attached hydrogen (secondary N) is 1. The van der Waals surface area contributed by atoms with Gasteiger partial charge in [-0.15, -0.1) is 10.2 Å². The summed E-state index contributed by atoms with van der Waals surface area (Å²) in [5, 5.41) is 12.0. The number of nitrogens with zero attached hydrogens (tertiary/aromatic N) is 3. The van der Waals surface area contributed by atoms with Gasteiger partial charge in [0.15, 0.2) is 5.16 Å². The molecule has 0 bridgehead atoms. The quantitative estimate of drug-likeness (QED) is 0.602. The van der Waals surface area contributed by atoms with E-state index in [2.05, 4.69) is 15.5 Å². The molecule has 0 aliphatic rings. The molecule has 0 aliphatic heterocycles. The molecule has 7 heteroatoms. The van der Waals surface area contributed by atoms with Crippen LogP contribution < -0.4 is 10.1 Å². The Bertz CT molecular complexity index is 967. The van der Waals surface area contributed by atoms with Crippen molar-refractivity contribution in [3.63, 3.8) is 0 Å². The summed E-state index contributed by atoms with van der Waals surface area (Å²) in [6.45, 7) is 8.46. The number of anilines is 1. The van der Waals surface area contributed by atoms with E-state index in [1.807, 2.05) is 74.7 Å². The Balaban J connectivity index is 1.70. The van der Waals surface area contributed by atoms with Crippen molar-refractivity contribution >= 4 is 23.4 Å². The van der Waals surface area contributed by atoms with Gasteiger partial charge >= 0.3 is 0 Å². The van der Waals surface area contributed by atoms with Crippen LogP contribution in [0.3, 0.4) is 0 Å². The van der Waals surface area contributed by atoms with Gasteiger partial charge in [-0.25, -0.2) is 0 Å². The number of hydrogen-bond acceptors (Lipinski definition) is 5. The average Bonchev–Trinajstić information content (AvgIpc) is 3.04. The first kappa shape index (κ1) is 19.9. The van der Waals surface area contributed by atoms with Gasteiger partial charge in [-0.1, -0.05) is 23.9 Å². The van der Waals surface area contributed by atoms with E-state index in [1.54, 1.807) is 0 Å². The molecule has 1 heterocycles. The number of ether oxygens (including phenoxy) is 1. The Kier molecular flexibility index (Phi) is 6.36. The molecule has 3 rings (SSSR count). The zero-order chi connectivity index (χ0) is 20.1. The van der Waals surface area contributed by atoms with Crippen LogP contribution in [0, 0.1) is 20.8 Å². The van der Waals surface area contributed by atoms with Crippen LogP contribution in [-0.2, 0) is 4.79 Å². The number of carbonyl (C=O) groups is 1. The number of aromatic nitrogens is 3. The van der Waals surface area contributed by atoms with Gasteiger partial charge in [0, 0.05) is 11.4 Å². The van der Waals surface area contributed by atoms with Crippen molar-refractivity contribution in [2.75, 3.05) is 17.7 Å². The lowest BCUT2D eigenvalue weighted by molar-refractivity contribution is -0.113. The van der Waals surface area contributed by atoms with Gasteiger partial charge in [-0.05, 0) is 69.2 Å². The molecule has 0 aliphatic carbocycles. The van der Waals surface area contributed by atoms with Gasteiger partial charge in [0.05, 0.1) is 12.4 Å². The average molecular weight is 397 g/mol. The molecule has 2 aromatic carbocycles. The minimum atomic E-state index is -0.0717. The number of thioether (sulfide) groups is 1. The first-order chi connectivity index (χ1) is 13.5. The van der Waals surface area contributed by atoms with Crippen molar-refractivity contribution in [2.45, 2.75) is 32.9 Å². The minimum Gasteiger partial charge on any atom is -0.494 e. The summed E-state index contributed by atoms with van der Waals surface area (Å²) in [6.07, 6.45) is 0. The van der Waals surface area contributed by atoms with Crippen LogP contribution in [0.4, 0.5) is 5.69 Å². The standard InChI is InChI=1S/C21H24N4O2S/c1-5-27-18-10-8-17(9-11-18)25-16(4)23-24-21(25)28-13-20(26)22-19-12-14(2)6-7-15(19)3/h6-12H,5,13H2,1-4H3,(H,22,26). The lowest BCUT2D eigenvalue weighted by Crippen LogP contribution is -2.15. The predicted octanol–water partition coefficient (Wildman–Crippen LogP) is 4.32. The highest BCUT2D eigenvalue weighted by Gasteiger charge is 2.14. The third-order valence-electron chi connectivity index (χ3n) is 4.20. The molecule has 0 unspecified atom stereocenters. The van der Waals surface area contributed by atoms with E-state index in [4.69, 9.17) is 4.74 Å². The van der Waals surface area contributed by atoms with E-state index in [1.165, 1.54) is 11.8 Å². The fourth-order valence-electron chi connectivity index (χ4n) is 2.78. The minimum absolute atomic E-state index is 0.0717. The van der Waals surface area contributed by atoms with Gasteiger partial charge in [0.2, 0.25) is 5.91 Å². The van der Waals surface area contributed by atoms with E-state index >= 15 is 0 Å². The smallest absolute Gasteiger partial charge is 0.234 e. The first-order valence-corrected chi connectivity index (χ1v) is 10.1. The molecule has 0 saturated heterocycles. The van der Waals surface area contributed by atoms with Crippen molar-refractivity contribution in [2.24, 2.45) is 0 Å². The Morgan fingerprint density at radius 3 is 2.57 bits per heavy atom. The molecule has 1 N–H and O–H groups in total. The van der Waals surface area contributed by atoms with Crippen LogP contribution >= 0.6 is 11.8 Å². The highest BCUT2D eigenvalue weighted by molar-refractivity contribution is 7.99. The summed E-state index contributed by atoms with van der Waals surface area (Å²) in [5.41, 5.74) is 3.93. The summed E-state index contributed by atoms with van der Waals surface area (Å²) in [4.78, 5) is 12.4. The maximum absolute atomic E-state index is 12.4. The molecule has 0 spiro atoms. The van der Waals surface area contributed by atoms with Crippen molar-refractivity contribution in [3.8, 4) is 11.4 Å². The molecule has 0 radical (unpaired) electrons. The molecule has 0 saturated carbocycles. The molecule has 28 heavy (non-hydrogen) atoms. The van der Waals surface area contributed by atoms with Gasteiger partial charge in [0.25, 0.3) is 0 Å². The number of rotatable bonds is 7. The van der Waals surface area contributed by atoms with Crippen LogP contribution in [0.1, 0.15) is 23.9 Å². The molecular formula is C21H24N4O2S. The number of benzene rings is 2. The van der Waals surface area contributed by atoms with E-state index in [0.717, 1.165) is 34.1 Å². The molecule has 0 atom stereocenters. The molecular weight excluding hydrogens is 372 g/mol. The highest BCUT2D eigenvalue weighted by Crippen LogP contribution is 2.24. The molecule has 146 valence electrons. The zero-order valence-electron chi connectivity index (χ0n) is 16.5. The van der Waals surface area contributed by atoms with Gasteiger partial charge in [0.1, 0.15) is 11.6 Å². The Morgan fingerprint density at radius 2 is 1.86 bits per heavy atom. The van der Waals surface area contributed by atoms with Gasteiger partial charge < -0.3 is 10.1 Å². The summed E-state index contributed by atoms with van der Waals surface area (Å²) in [7, 11) is 0. The Hall–Kier alpha value is -2.80. The maximum Gasteiger partial charge on any atom is 0.234 e. The van der Waals surface area contributed by atoms with Crippen molar-refractivity contribution in [1.82, 2.24) is 14.8 Å². The van der Waals surface area contributed by atoms with Crippen molar-refractivity contribution < 1.29 is 9.53 Å². The summed E-state index contributed by atoms with van der Waals surface area (Å²) >= 11 is 1.36. The van der Waals surface area contributed by atoms with E-state index < -0.39 is 0 Å². The Labute approximate surface area is 169 Å². The molecule has 1 aromatic heterocycles. The van der Waals surface area contributed by atoms with Crippen LogP contribution in [0.25, 0.3) is 5.69 Å². The number of amides is 1. The van der Waals surface area contributed by atoms with Gasteiger partial charge in [-0.2, -0.15) is 0 Å². The summed E-state index contributed by atoms with van der Waals surface area (Å²) < 4.78 is 7.43. The van der Waals surface area contributed by atoms with E-state index in [9.17, 15) is 4.79 Å². The van der Waals surface area contributed by atoms with Gasteiger partial charge in [-0.3, -0.25) is 9.36 Å². The first-order valence-electron chi connectivity index (χ1n) is 9.13. The monoisotopic (exact) mass is 396 g/mol. The number of hydrogen-bond donors (Lipinski definition) is 1. The fraction of sp³-hybridized carbons (Fsp3) is 0.286. The van der Waals surface area contributed by atoms with Crippen LogP contribution in [0.15, 0.2) is 47.6 Å². The second kappa shape index (κ2) is 8.93. The normalized spacial score (nSPS) is 10.7. The molecule has 6 nitrogen and oxygen atoms in total. The maximum atomic E-state index is 12.4. The third kappa shape index (κ3) is 4.72. The highest BCUT2D eigenvalue weighted by atomic mass is 32.2. The molecule has 1 amide bonds. The lowest BCUT2D eigenvalue weighted by Gasteiger charge is -2.11. The SMILES string of the molecule is CCOc1ccc(-n2c(C)nnc2SCC(=O)Nc2cc(C)ccc2C)cc1. The molecule has 0 fully saturated rings. The molecule has 3 aromatic rings. The van der Waals surface area contributed by atoms with E-state index in [0.29, 0.717) is 11.8 Å².